The summed E-state index contributed by atoms with van der Waals surface area (Å²) in [6.45, 7) is 6.00. The normalized spacial score (nSPS) is 12.1. The number of hydrogen-bond donors (Lipinski definition) is 0. The van der Waals surface area contributed by atoms with Crippen LogP contribution in [0, 0.1) is 13.8 Å². The van der Waals surface area contributed by atoms with Crippen LogP contribution < -0.4 is 0 Å². The summed E-state index contributed by atoms with van der Waals surface area (Å²) in [5, 5.41) is 0.657. The molecule has 0 N–H and O–H groups in total. The van der Waals surface area contributed by atoms with Gasteiger partial charge in [0.25, 0.3) is 0 Å². The molecule has 0 amide bonds. The van der Waals surface area contributed by atoms with Crippen molar-refractivity contribution in [2.45, 2.75) is 31.2 Å². The van der Waals surface area contributed by atoms with Crippen LogP contribution in [0.4, 0.5) is 0 Å². The molecule has 0 fully saturated rings. The number of aromatic nitrogens is 2. The molecule has 1 atom stereocenters. The van der Waals surface area contributed by atoms with Gasteiger partial charge in [0.15, 0.2) is 10.9 Å². The number of carbonyl (C=O) groups is 1. The maximum atomic E-state index is 12.6. The van der Waals surface area contributed by atoms with Crippen LogP contribution in [0.1, 0.15) is 28.7 Å². The zero-order chi connectivity index (χ0) is 17.1. The van der Waals surface area contributed by atoms with Crippen LogP contribution in [-0.4, -0.2) is 20.6 Å². The Kier molecular flexibility index (Phi) is 4.86. The van der Waals surface area contributed by atoms with Gasteiger partial charge in [0.05, 0.1) is 10.9 Å². The second kappa shape index (κ2) is 7.05. The first kappa shape index (κ1) is 16.5. The fourth-order valence-electron chi connectivity index (χ4n) is 2.59. The number of imidazole rings is 1. The predicted octanol–water partition coefficient (Wildman–Crippen LogP) is 4.85. The molecule has 0 saturated heterocycles. The lowest BCUT2D eigenvalue weighted by Gasteiger charge is -2.13. The molecule has 1 aromatic heterocycles. The maximum absolute atomic E-state index is 12.6. The number of rotatable bonds is 5. The SMILES string of the molecule is Cc1nc(SC(C)C(=O)c2ccccc2)n(-c2ccccc2)c1C. The average molecular weight is 336 g/mol. The zero-order valence-electron chi connectivity index (χ0n) is 14.1. The molecule has 3 nitrogen and oxygen atoms in total. The van der Waals surface area contributed by atoms with Crippen molar-refractivity contribution in [2.24, 2.45) is 0 Å². The highest BCUT2D eigenvalue weighted by atomic mass is 32.2. The summed E-state index contributed by atoms with van der Waals surface area (Å²) in [4.78, 5) is 17.3. The van der Waals surface area contributed by atoms with Gasteiger partial charge >= 0.3 is 0 Å². The van der Waals surface area contributed by atoms with Crippen LogP contribution in [0.15, 0.2) is 65.8 Å². The van der Waals surface area contributed by atoms with Crippen molar-refractivity contribution in [2.75, 3.05) is 0 Å². The minimum Gasteiger partial charge on any atom is -0.293 e. The Morgan fingerprint density at radius 2 is 1.58 bits per heavy atom. The van der Waals surface area contributed by atoms with E-state index < -0.39 is 0 Å². The van der Waals surface area contributed by atoms with Gasteiger partial charge in [-0.05, 0) is 32.9 Å². The molecule has 1 unspecified atom stereocenters. The van der Waals surface area contributed by atoms with Gasteiger partial charge in [-0.3, -0.25) is 9.36 Å². The van der Waals surface area contributed by atoms with Crippen molar-refractivity contribution in [1.29, 1.82) is 0 Å². The van der Waals surface area contributed by atoms with Crippen LogP contribution in [0.5, 0.6) is 0 Å². The fourth-order valence-corrected chi connectivity index (χ4v) is 3.69. The molecule has 122 valence electrons. The number of Topliss-reactive ketones (excluding diaryl/α,β-unsaturated/α-hetero) is 1. The first-order valence-corrected chi connectivity index (χ1v) is 8.83. The van der Waals surface area contributed by atoms with Gasteiger partial charge in [0.1, 0.15) is 0 Å². The number of hydrogen-bond acceptors (Lipinski definition) is 3. The lowest BCUT2D eigenvalue weighted by Crippen LogP contribution is -2.14. The molecule has 2 aromatic carbocycles. The third kappa shape index (κ3) is 3.29. The van der Waals surface area contributed by atoms with Crippen molar-refractivity contribution in [3.8, 4) is 5.69 Å². The Morgan fingerprint density at radius 3 is 2.21 bits per heavy atom. The van der Waals surface area contributed by atoms with Crippen molar-refractivity contribution in [1.82, 2.24) is 9.55 Å². The van der Waals surface area contributed by atoms with E-state index in [4.69, 9.17) is 0 Å². The van der Waals surface area contributed by atoms with E-state index in [0.29, 0.717) is 0 Å². The van der Waals surface area contributed by atoms with Crippen LogP contribution in [0.2, 0.25) is 0 Å². The zero-order valence-corrected chi connectivity index (χ0v) is 14.9. The largest absolute Gasteiger partial charge is 0.293 e. The molecule has 0 saturated carbocycles. The number of carbonyl (C=O) groups excluding carboxylic acids is 1. The van der Waals surface area contributed by atoms with Gasteiger partial charge < -0.3 is 0 Å². The standard InChI is InChI=1S/C20H20N2OS/c1-14-15(2)22(18-12-8-5-9-13-18)20(21-14)24-16(3)19(23)17-10-6-4-7-11-17/h4-13,16H,1-3H3. The smallest absolute Gasteiger partial charge is 0.175 e. The molecule has 0 bridgehead atoms. The number of aryl methyl sites for hydroxylation is 1. The van der Waals surface area contributed by atoms with Crippen LogP contribution in [0.3, 0.4) is 0 Å². The van der Waals surface area contributed by atoms with E-state index in [2.05, 4.69) is 28.6 Å². The molecule has 0 aliphatic rings. The maximum Gasteiger partial charge on any atom is 0.175 e. The summed E-state index contributed by atoms with van der Waals surface area (Å²) in [5.41, 5.74) is 3.89. The Bertz CT molecular complexity index is 841. The van der Waals surface area contributed by atoms with Crippen molar-refractivity contribution >= 4 is 17.5 Å². The summed E-state index contributed by atoms with van der Waals surface area (Å²) in [6.07, 6.45) is 0. The first-order valence-electron chi connectivity index (χ1n) is 7.95. The summed E-state index contributed by atoms with van der Waals surface area (Å²) < 4.78 is 2.12. The molecule has 0 spiro atoms. The number of nitrogens with zero attached hydrogens (tertiary/aromatic N) is 2. The van der Waals surface area contributed by atoms with Gasteiger partial charge in [-0.25, -0.2) is 4.98 Å². The van der Waals surface area contributed by atoms with Crippen molar-refractivity contribution < 1.29 is 4.79 Å². The van der Waals surface area contributed by atoms with Gasteiger partial charge in [0.2, 0.25) is 0 Å². The quantitative estimate of drug-likeness (QED) is 0.493. The third-order valence-electron chi connectivity index (χ3n) is 4.04. The number of benzene rings is 2. The van der Waals surface area contributed by atoms with Crippen LogP contribution in [-0.2, 0) is 0 Å². The molecule has 1 heterocycles. The second-order valence-corrected chi connectivity index (χ2v) is 7.03. The number of ketones is 1. The highest BCUT2D eigenvalue weighted by molar-refractivity contribution is 8.00. The van der Waals surface area contributed by atoms with E-state index in [0.717, 1.165) is 27.8 Å². The molecular formula is C20H20N2OS. The molecule has 0 aliphatic carbocycles. The summed E-state index contributed by atoms with van der Waals surface area (Å²) in [7, 11) is 0. The number of para-hydroxylation sites is 1. The average Bonchev–Trinajstić information content (AvgIpc) is 2.89. The van der Waals surface area contributed by atoms with E-state index in [-0.39, 0.29) is 11.0 Å². The monoisotopic (exact) mass is 336 g/mol. The van der Waals surface area contributed by atoms with E-state index in [1.54, 1.807) is 0 Å². The van der Waals surface area contributed by atoms with Gasteiger partial charge in [-0.15, -0.1) is 0 Å². The highest BCUT2D eigenvalue weighted by Gasteiger charge is 2.21. The summed E-state index contributed by atoms with van der Waals surface area (Å²) >= 11 is 1.51. The Labute approximate surface area is 146 Å². The number of thioether (sulfide) groups is 1. The Balaban J connectivity index is 1.91. The summed E-state index contributed by atoms with van der Waals surface area (Å²) in [5.74, 6) is 0.124. The van der Waals surface area contributed by atoms with Gasteiger partial charge in [-0.1, -0.05) is 60.3 Å². The lowest BCUT2D eigenvalue weighted by atomic mass is 10.1. The highest BCUT2D eigenvalue weighted by Crippen LogP contribution is 2.29. The van der Waals surface area contributed by atoms with Crippen molar-refractivity contribution in [3.63, 3.8) is 0 Å². The van der Waals surface area contributed by atoms with Gasteiger partial charge in [-0.2, -0.15) is 0 Å². The van der Waals surface area contributed by atoms with Gasteiger partial charge in [0, 0.05) is 16.9 Å². The molecule has 0 radical (unpaired) electrons. The van der Waals surface area contributed by atoms with E-state index in [9.17, 15) is 4.79 Å². The van der Waals surface area contributed by atoms with Crippen molar-refractivity contribution in [3.05, 3.63) is 77.6 Å². The molecule has 0 aliphatic heterocycles. The van der Waals surface area contributed by atoms with Crippen LogP contribution in [0.25, 0.3) is 5.69 Å². The molecule has 4 heteroatoms. The molecule has 24 heavy (non-hydrogen) atoms. The van der Waals surface area contributed by atoms with E-state index in [1.807, 2.05) is 62.4 Å². The molecular weight excluding hydrogens is 316 g/mol. The fraction of sp³-hybridized carbons (Fsp3) is 0.200. The minimum absolute atomic E-state index is 0.124. The Hall–Kier alpha value is -2.33. The van der Waals surface area contributed by atoms with E-state index in [1.165, 1.54) is 11.8 Å². The van der Waals surface area contributed by atoms with Crippen LogP contribution >= 0.6 is 11.8 Å². The summed E-state index contributed by atoms with van der Waals surface area (Å²) in [6, 6.07) is 19.6. The lowest BCUT2D eigenvalue weighted by molar-refractivity contribution is 0.0994. The molecule has 3 aromatic rings. The first-order chi connectivity index (χ1) is 11.6. The predicted molar refractivity (Wildman–Crippen MR) is 99.1 cm³/mol. The van der Waals surface area contributed by atoms with E-state index >= 15 is 0 Å². The third-order valence-corrected chi connectivity index (χ3v) is 5.09. The topological polar surface area (TPSA) is 34.9 Å². The minimum atomic E-state index is -0.198. The second-order valence-electron chi connectivity index (χ2n) is 5.73. The molecule has 3 rings (SSSR count). The Morgan fingerprint density at radius 1 is 1.00 bits per heavy atom.